The van der Waals surface area contributed by atoms with Crippen LogP contribution in [0, 0.1) is 0 Å². The Morgan fingerprint density at radius 3 is 0.771 bits per heavy atom. The summed E-state index contributed by atoms with van der Waals surface area (Å²) in [5, 5.41) is 0. The number of carbonyl (C=O) groups is 3. The summed E-state index contributed by atoms with van der Waals surface area (Å²) in [6.45, 7) is 6.32. The zero-order valence-corrected chi connectivity index (χ0v) is 52.9. The van der Waals surface area contributed by atoms with Gasteiger partial charge < -0.3 is 14.2 Å². The van der Waals surface area contributed by atoms with Crippen LogP contribution in [0.1, 0.15) is 252 Å². The van der Waals surface area contributed by atoms with Crippen molar-refractivity contribution >= 4 is 17.9 Å². The molecule has 6 heteroatoms. The average molecular weight is 1140 g/mol. The van der Waals surface area contributed by atoms with Gasteiger partial charge >= 0.3 is 17.9 Å². The van der Waals surface area contributed by atoms with Crippen molar-refractivity contribution in [2.75, 3.05) is 13.2 Å². The van der Waals surface area contributed by atoms with E-state index in [-0.39, 0.29) is 37.5 Å². The van der Waals surface area contributed by atoms with Gasteiger partial charge in [-0.05, 0) is 141 Å². The number of unbranched alkanes of at least 4 members (excludes halogenated alkanes) is 14. The van der Waals surface area contributed by atoms with E-state index in [9.17, 15) is 14.4 Å². The van der Waals surface area contributed by atoms with E-state index < -0.39 is 6.10 Å². The number of ether oxygens (including phenoxy) is 3. The summed E-state index contributed by atoms with van der Waals surface area (Å²) in [5.41, 5.74) is 0. The molecule has 0 bridgehead atoms. The summed E-state index contributed by atoms with van der Waals surface area (Å²) in [6.07, 6.45) is 104. The molecule has 0 aliphatic heterocycles. The highest BCUT2D eigenvalue weighted by Gasteiger charge is 2.19. The molecule has 462 valence electrons. The molecule has 0 saturated heterocycles. The van der Waals surface area contributed by atoms with E-state index in [4.69, 9.17) is 14.2 Å². The fourth-order valence-corrected chi connectivity index (χ4v) is 8.25. The van der Waals surface area contributed by atoms with Gasteiger partial charge in [0, 0.05) is 19.3 Å². The largest absolute Gasteiger partial charge is 0.462 e. The van der Waals surface area contributed by atoms with Gasteiger partial charge in [-0.1, -0.05) is 286 Å². The van der Waals surface area contributed by atoms with Crippen LogP contribution in [0.2, 0.25) is 0 Å². The molecular weight excluding hydrogens is 1020 g/mol. The minimum Gasteiger partial charge on any atom is -0.462 e. The second kappa shape index (κ2) is 68.7. The molecule has 1 unspecified atom stereocenters. The van der Waals surface area contributed by atoms with Crippen LogP contribution in [0.15, 0.2) is 194 Å². The molecule has 0 aromatic carbocycles. The summed E-state index contributed by atoms with van der Waals surface area (Å²) >= 11 is 0. The normalized spacial score (nSPS) is 13.4. The molecule has 0 spiro atoms. The van der Waals surface area contributed by atoms with Crippen LogP contribution in [0.5, 0.6) is 0 Å². The van der Waals surface area contributed by atoms with Crippen molar-refractivity contribution in [3.63, 3.8) is 0 Å². The molecule has 0 aliphatic rings. The van der Waals surface area contributed by atoms with E-state index in [1.54, 1.807) is 0 Å². The van der Waals surface area contributed by atoms with Crippen LogP contribution in [-0.4, -0.2) is 37.2 Å². The van der Waals surface area contributed by atoms with Crippen LogP contribution >= 0.6 is 0 Å². The van der Waals surface area contributed by atoms with Gasteiger partial charge in [0.15, 0.2) is 6.10 Å². The van der Waals surface area contributed by atoms with Crippen molar-refractivity contribution in [2.24, 2.45) is 0 Å². The first kappa shape index (κ1) is 77.2. The molecule has 0 aromatic heterocycles. The second-order valence-corrected chi connectivity index (χ2v) is 20.9. The number of hydrogen-bond acceptors (Lipinski definition) is 6. The lowest BCUT2D eigenvalue weighted by Crippen LogP contribution is -2.30. The molecule has 0 radical (unpaired) electrons. The van der Waals surface area contributed by atoms with Crippen LogP contribution in [-0.2, 0) is 28.6 Å². The third-order valence-electron chi connectivity index (χ3n) is 13.1. The minimum atomic E-state index is -0.833. The molecule has 0 fully saturated rings. The SMILES string of the molecule is CC/C=C\C/C=C\C/C=C\C/C=C\C/C=C\C/C=C\C/C=C\C/C=C\C/C=C\CCCCCC(=O)OCC(COC(=O)CCCCCCCCCCCCC)OC(=O)CCC/C=C\C/C=C\C/C=C\C/C=C\C/C=C\C/C=C\C/C=C\CC. The molecule has 0 N–H and O–H groups in total. The zero-order chi connectivity index (χ0) is 59.9. The van der Waals surface area contributed by atoms with Gasteiger partial charge in [-0.25, -0.2) is 0 Å². The molecule has 0 heterocycles. The summed E-state index contributed by atoms with van der Waals surface area (Å²) in [4.78, 5) is 38.3. The number of allylic oxidation sites excluding steroid dienone is 32. The Labute approximate surface area is 509 Å². The molecule has 0 aromatic rings. The van der Waals surface area contributed by atoms with Crippen molar-refractivity contribution in [3.05, 3.63) is 194 Å². The first-order valence-corrected chi connectivity index (χ1v) is 32.9. The van der Waals surface area contributed by atoms with Crippen LogP contribution in [0.25, 0.3) is 0 Å². The Bertz CT molecular complexity index is 1990. The maximum atomic E-state index is 12.9. The second-order valence-electron chi connectivity index (χ2n) is 20.9. The first-order valence-electron chi connectivity index (χ1n) is 32.9. The van der Waals surface area contributed by atoms with Crippen molar-refractivity contribution in [1.29, 1.82) is 0 Å². The molecule has 0 saturated carbocycles. The standard InChI is InChI=1S/C77H118O6/c1-4-7-10-13-16-19-22-24-26-28-30-32-34-35-36-37-38-39-40-41-43-44-46-48-50-52-55-58-61-64-67-70-76(79)82-73-74(72-81-75(78)69-66-63-60-57-54-21-18-15-12-9-6-3)83-77(80)71-68-65-62-59-56-53-51-49-47-45-42-33-31-29-27-25-23-20-17-14-11-8-5-2/h7-8,10-11,16-17,19-20,24-27,30-33,35-36,38-39,41,43,45-48,51-53,55,59,62,74H,4-6,9,12-15,18,21-23,28-29,34,37,40,42,44,49-50,54,56-58,60-61,63-73H2,1-3H3/b10-7-,11-8-,19-16-,20-17-,26-24-,27-25-,32-30-,33-31-,36-35-,39-38-,43-41-,47-45-,48-46-,53-51-,55-52-,62-59-. The van der Waals surface area contributed by atoms with Gasteiger partial charge in [-0.2, -0.15) is 0 Å². The summed E-state index contributed by atoms with van der Waals surface area (Å²) in [5.74, 6) is -1.02. The fraction of sp³-hybridized carbons (Fsp3) is 0.545. The van der Waals surface area contributed by atoms with Gasteiger partial charge in [0.05, 0.1) is 0 Å². The Hall–Kier alpha value is -5.75. The van der Waals surface area contributed by atoms with E-state index in [1.807, 2.05) is 0 Å². The van der Waals surface area contributed by atoms with Crippen LogP contribution < -0.4 is 0 Å². The van der Waals surface area contributed by atoms with Crippen molar-refractivity contribution in [2.45, 2.75) is 258 Å². The topological polar surface area (TPSA) is 78.9 Å². The third-order valence-corrected chi connectivity index (χ3v) is 13.1. The average Bonchev–Trinajstić information content (AvgIpc) is 3.48. The van der Waals surface area contributed by atoms with Crippen molar-refractivity contribution < 1.29 is 28.6 Å². The van der Waals surface area contributed by atoms with E-state index in [2.05, 4.69) is 215 Å². The molecule has 0 rings (SSSR count). The Balaban J connectivity index is 4.48. The zero-order valence-electron chi connectivity index (χ0n) is 52.9. The van der Waals surface area contributed by atoms with E-state index in [1.165, 1.54) is 51.4 Å². The maximum Gasteiger partial charge on any atom is 0.306 e. The fourth-order valence-electron chi connectivity index (χ4n) is 8.25. The Morgan fingerprint density at radius 1 is 0.253 bits per heavy atom. The van der Waals surface area contributed by atoms with E-state index >= 15 is 0 Å². The Kier molecular flexibility index (Phi) is 64.0. The van der Waals surface area contributed by atoms with E-state index in [0.717, 1.165) is 154 Å². The lowest BCUT2D eigenvalue weighted by Gasteiger charge is -2.18. The summed E-state index contributed by atoms with van der Waals surface area (Å²) in [7, 11) is 0. The lowest BCUT2D eigenvalue weighted by atomic mass is 10.1. The highest BCUT2D eigenvalue weighted by atomic mass is 16.6. The van der Waals surface area contributed by atoms with Crippen LogP contribution in [0.3, 0.4) is 0 Å². The van der Waals surface area contributed by atoms with Crippen LogP contribution in [0.4, 0.5) is 0 Å². The summed E-state index contributed by atoms with van der Waals surface area (Å²) in [6, 6.07) is 0. The van der Waals surface area contributed by atoms with Gasteiger partial charge in [0.25, 0.3) is 0 Å². The molecule has 1 atom stereocenters. The highest BCUT2D eigenvalue weighted by molar-refractivity contribution is 5.71. The highest BCUT2D eigenvalue weighted by Crippen LogP contribution is 2.14. The third kappa shape index (κ3) is 66.9. The lowest BCUT2D eigenvalue weighted by molar-refractivity contribution is -0.167. The smallest absolute Gasteiger partial charge is 0.306 e. The van der Waals surface area contributed by atoms with E-state index in [0.29, 0.717) is 19.3 Å². The quantitative estimate of drug-likeness (QED) is 0.0261. The van der Waals surface area contributed by atoms with Gasteiger partial charge in [0.1, 0.15) is 13.2 Å². The summed E-state index contributed by atoms with van der Waals surface area (Å²) < 4.78 is 16.8. The predicted molar refractivity (Wildman–Crippen MR) is 361 cm³/mol. The number of rotatable bonds is 57. The predicted octanol–water partition coefficient (Wildman–Crippen LogP) is 23.0. The molecule has 0 amide bonds. The molecule has 6 nitrogen and oxygen atoms in total. The monoisotopic (exact) mass is 1140 g/mol. The van der Waals surface area contributed by atoms with Gasteiger partial charge in [-0.15, -0.1) is 0 Å². The Morgan fingerprint density at radius 2 is 0.482 bits per heavy atom. The number of esters is 3. The maximum absolute atomic E-state index is 12.9. The molecular formula is C77H118O6. The number of carbonyl (C=O) groups excluding carboxylic acids is 3. The van der Waals surface area contributed by atoms with Gasteiger partial charge in [-0.3, -0.25) is 14.4 Å². The first-order chi connectivity index (χ1) is 41.0. The van der Waals surface area contributed by atoms with Crippen molar-refractivity contribution in [3.8, 4) is 0 Å². The molecule has 83 heavy (non-hydrogen) atoms. The number of hydrogen-bond donors (Lipinski definition) is 0. The van der Waals surface area contributed by atoms with Gasteiger partial charge in [0.2, 0.25) is 0 Å². The minimum absolute atomic E-state index is 0.120. The van der Waals surface area contributed by atoms with Crippen molar-refractivity contribution in [1.82, 2.24) is 0 Å². The molecule has 0 aliphatic carbocycles.